The molecule has 0 amide bonds. The van der Waals surface area contributed by atoms with Crippen molar-refractivity contribution in [3.63, 3.8) is 0 Å². The van der Waals surface area contributed by atoms with Crippen LogP contribution < -0.4 is 5.32 Å². The molecular weight excluding hydrogens is 206 g/mol. The fourth-order valence-electron chi connectivity index (χ4n) is 2.04. The number of ketones is 1. The Kier molecular flexibility index (Phi) is 3.92. The summed E-state index contributed by atoms with van der Waals surface area (Å²) in [7, 11) is 0. The van der Waals surface area contributed by atoms with Crippen LogP contribution in [-0.2, 0) is 0 Å². The third kappa shape index (κ3) is 3.14. The van der Waals surface area contributed by atoms with Crippen LogP contribution in [0, 0.1) is 0 Å². The lowest BCUT2D eigenvalue weighted by molar-refractivity contribution is 0.0978. The Morgan fingerprint density at radius 1 is 1.53 bits per heavy atom. The van der Waals surface area contributed by atoms with E-state index in [0.717, 1.165) is 17.8 Å². The largest absolute Gasteiger partial charge is 0.314 e. The first-order chi connectivity index (χ1) is 7.36. The van der Waals surface area contributed by atoms with Crippen LogP contribution in [0.2, 0.25) is 0 Å². The predicted octanol–water partition coefficient (Wildman–Crippen LogP) is 2.85. The van der Waals surface area contributed by atoms with Crippen LogP contribution in [0.4, 0.5) is 0 Å². The molecule has 0 aliphatic carbocycles. The van der Waals surface area contributed by atoms with Crippen LogP contribution in [-0.4, -0.2) is 18.4 Å². The average Bonchev–Trinajstić information content (AvgIpc) is 2.81. The summed E-state index contributed by atoms with van der Waals surface area (Å²) in [6, 6.07) is 4.43. The standard InChI is InChI=1S/C12H17NOS/c14-11(12-5-3-9-15-12)7-6-10-4-1-2-8-13-10/h3,5,9-10,13H,1-2,4,6-8H2. The second-order valence-corrected chi connectivity index (χ2v) is 5.03. The maximum Gasteiger partial charge on any atom is 0.172 e. The third-order valence-electron chi connectivity index (χ3n) is 2.93. The highest BCUT2D eigenvalue weighted by atomic mass is 32.1. The molecule has 1 saturated heterocycles. The molecule has 1 aliphatic rings. The zero-order chi connectivity index (χ0) is 10.5. The number of carbonyl (C=O) groups excluding carboxylic acids is 1. The Balaban J connectivity index is 1.75. The number of piperidine rings is 1. The van der Waals surface area contributed by atoms with Gasteiger partial charge >= 0.3 is 0 Å². The van der Waals surface area contributed by atoms with E-state index < -0.39 is 0 Å². The van der Waals surface area contributed by atoms with Gasteiger partial charge < -0.3 is 5.32 Å². The Bertz CT molecular complexity index is 301. The number of Topliss-reactive ketones (excluding diaryl/α,β-unsaturated/α-hetero) is 1. The van der Waals surface area contributed by atoms with E-state index in [1.54, 1.807) is 11.3 Å². The van der Waals surface area contributed by atoms with Crippen molar-refractivity contribution in [2.45, 2.75) is 38.1 Å². The fraction of sp³-hybridized carbons (Fsp3) is 0.583. The predicted molar refractivity (Wildman–Crippen MR) is 63.5 cm³/mol. The molecule has 3 heteroatoms. The number of hydrogen-bond acceptors (Lipinski definition) is 3. The smallest absolute Gasteiger partial charge is 0.172 e. The molecule has 82 valence electrons. The highest BCUT2D eigenvalue weighted by molar-refractivity contribution is 7.12. The molecular formula is C12H17NOS. The molecule has 1 atom stereocenters. The topological polar surface area (TPSA) is 29.1 Å². The molecule has 0 aromatic carbocycles. The molecule has 2 heterocycles. The lowest BCUT2D eigenvalue weighted by atomic mass is 9.99. The lowest BCUT2D eigenvalue weighted by Crippen LogP contribution is -2.34. The van der Waals surface area contributed by atoms with Gasteiger partial charge in [0.15, 0.2) is 5.78 Å². The number of hydrogen-bond donors (Lipinski definition) is 1. The van der Waals surface area contributed by atoms with Crippen molar-refractivity contribution >= 4 is 17.1 Å². The second kappa shape index (κ2) is 5.42. The normalized spacial score (nSPS) is 21.5. The van der Waals surface area contributed by atoms with Crippen molar-refractivity contribution in [1.82, 2.24) is 5.32 Å². The molecule has 1 unspecified atom stereocenters. The highest BCUT2D eigenvalue weighted by Crippen LogP contribution is 2.16. The molecule has 1 fully saturated rings. The van der Waals surface area contributed by atoms with E-state index in [2.05, 4.69) is 5.32 Å². The third-order valence-corrected chi connectivity index (χ3v) is 3.84. The summed E-state index contributed by atoms with van der Waals surface area (Å²) in [5.41, 5.74) is 0. The quantitative estimate of drug-likeness (QED) is 0.795. The molecule has 15 heavy (non-hydrogen) atoms. The minimum atomic E-state index is 0.303. The molecule has 2 nitrogen and oxygen atoms in total. The molecule has 0 bridgehead atoms. The van der Waals surface area contributed by atoms with E-state index in [-0.39, 0.29) is 0 Å². The van der Waals surface area contributed by atoms with Crippen molar-refractivity contribution in [2.24, 2.45) is 0 Å². The van der Waals surface area contributed by atoms with E-state index in [9.17, 15) is 4.79 Å². The van der Waals surface area contributed by atoms with Gasteiger partial charge in [-0.2, -0.15) is 0 Å². The SMILES string of the molecule is O=C(CCC1CCCCN1)c1cccs1. The van der Waals surface area contributed by atoms with E-state index >= 15 is 0 Å². The Hall–Kier alpha value is -0.670. The van der Waals surface area contributed by atoms with Gasteiger partial charge in [0.25, 0.3) is 0 Å². The summed E-state index contributed by atoms with van der Waals surface area (Å²) in [5.74, 6) is 0.303. The number of rotatable bonds is 4. The Morgan fingerprint density at radius 2 is 2.47 bits per heavy atom. The van der Waals surface area contributed by atoms with Crippen LogP contribution in [0.1, 0.15) is 41.8 Å². The van der Waals surface area contributed by atoms with Gasteiger partial charge in [-0.05, 0) is 37.3 Å². The van der Waals surface area contributed by atoms with Crippen molar-refractivity contribution in [1.29, 1.82) is 0 Å². The summed E-state index contributed by atoms with van der Waals surface area (Å²) >= 11 is 1.55. The minimum Gasteiger partial charge on any atom is -0.314 e. The minimum absolute atomic E-state index is 0.303. The molecule has 0 radical (unpaired) electrons. The molecule has 2 rings (SSSR count). The van der Waals surface area contributed by atoms with Gasteiger partial charge in [-0.3, -0.25) is 4.79 Å². The number of carbonyl (C=O) groups is 1. The van der Waals surface area contributed by atoms with Crippen LogP contribution >= 0.6 is 11.3 Å². The number of thiophene rings is 1. The van der Waals surface area contributed by atoms with E-state index in [0.29, 0.717) is 18.2 Å². The van der Waals surface area contributed by atoms with Crippen LogP contribution in [0.25, 0.3) is 0 Å². The first-order valence-corrected chi connectivity index (χ1v) is 6.54. The Labute approximate surface area is 94.7 Å². The summed E-state index contributed by atoms with van der Waals surface area (Å²) in [4.78, 5) is 12.6. The van der Waals surface area contributed by atoms with Gasteiger partial charge in [0.05, 0.1) is 4.88 Å². The summed E-state index contributed by atoms with van der Waals surface area (Å²) in [6.07, 6.45) is 5.52. The average molecular weight is 223 g/mol. The Morgan fingerprint density at radius 3 is 3.13 bits per heavy atom. The van der Waals surface area contributed by atoms with Crippen molar-refractivity contribution in [2.75, 3.05) is 6.54 Å². The van der Waals surface area contributed by atoms with Crippen LogP contribution in [0.15, 0.2) is 17.5 Å². The van der Waals surface area contributed by atoms with Crippen LogP contribution in [0.3, 0.4) is 0 Å². The van der Waals surface area contributed by atoms with Gasteiger partial charge in [0, 0.05) is 12.5 Å². The molecule has 1 N–H and O–H groups in total. The summed E-state index contributed by atoms with van der Waals surface area (Å²) < 4.78 is 0. The second-order valence-electron chi connectivity index (χ2n) is 4.09. The van der Waals surface area contributed by atoms with Crippen LogP contribution in [0.5, 0.6) is 0 Å². The van der Waals surface area contributed by atoms with Gasteiger partial charge in [-0.25, -0.2) is 0 Å². The first-order valence-electron chi connectivity index (χ1n) is 5.66. The van der Waals surface area contributed by atoms with E-state index in [1.807, 2.05) is 17.5 Å². The molecule has 1 aromatic heterocycles. The highest BCUT2D eigenvalue weighted by Gasteiger charge is 2.14. The maximum absolute atomic E-state index is 11.7. The lowest BCUT2D eigenvalue weighted by Gasteiger charge is -2.22. The monoisotopic (exact) mass is 223 g/mol. The van der Waals surface area contributed by atoms with E-state index in [4.69, 9.17) is 0 Å². The summed E-state index contributed by atoms with van der Waals surface area (Å²) in [5, 5.41) is 5.44. The van der Waals surface area contributed by atoms with Gasteiger partial charge in [-0.1, -0.05) is 12.5 Å². The molecule has 0 spiro atoms. The van der Waals surface area contributed by atoms with Gasteiger partial charge in [0.2, 0.25) is 0 Å². The van der Waals surface area contributed by atoms with E-state index in [1.165, 1.54) is 19.3 Å². The van der Waals surface area contributed by atoms with Gasteiger partial charge in [0.1, 0.15) is 0 Å². The first kappa shape index (κ1) is 10.8. The maximum atomic E-state index is 11.7. The molecule has 1 aromatic rings. The van der Waals surface area contributed by atoms with Crippen molar-refractivity contribution in [3.05, 3.63) is 22.4 Å². The molecule has 0 saturated carbocycles. The van der Waals surface area contributed by atoms with Gasteiger partial charge in [-0.15, -0.1) is 11.3 Å². The zero-order valence-electron chi connectivity index (χ0n) is 8.87. The summed E-state index contributed by atoms with van der Waals surface area (Å²) in [6.45, 7) is 1.12. The van der Waals surface area contributed by atoms with Crippen molar-refractivity contribution < 1.29 is 4.79 Å². The zero-order valence-corrected chi connectivity index (χ0v) is 9.69. The van der Waals surface area contributed by atoms with Crippen molar-refractivity contribution in [3.8, 4) is 0 Å². The number of nitrogens with one attached hydrogen (secondary N) is 1. The fourth-order valence-corrected chi connectivity index (χ4v) is 2.73. The molecule has 1 aliphatic heterocycles.